The lowest BCUT2D eigenvalue weighted by atomic mass is 10.3. The van der Waals surface area contributed by atoms with Crippen molar-refractivity contribution in [3.05, 3.63) is 30.5 Å². The van der Waals surface area contributed by atoms with E-state index in [0.717, 1.165) is 10.9 Å². The van der Waals surface area contributed by atoms with E-state index in [9.17, 15) is 13.2 Å². The van der Waals surface area contributed by atoms with Crippen molar-refractivity contribution in [1.82, 2.24) is 10.2 Å². The van der Waals surface area contributed by atoms with Gasteiger partial charge in [0.1, 0.15) is 0 Å². The molecule has 84 valence electrons. The summed E-state index contributed by atoms with van der Waals surface area (Å²) in [6.07, 6.45) is 1.81. The summed E-state index contributed by atoms with van der Waals surface area (Å²) in [5.41, 5.74) is 5.39. The van der Waals surface area contributed by atoms with Crippen molar-refractivity contribution < 1.29 is 13.2 Å². The number of aromatic amines is 1. The highest BCUT2D eigenvalue weighted by atomic mass is 32.2. The number of nitrogens with one attached hydrogen (secondary N) is 1. The number of fused-ring (bicyclic) bond motifs is 1. The number of benzene rings is 1. The van der Waals surface area contributed by atoms with Gasteiger partial charge < -0.3 is 5.73 Å². The molecule has 0 atom stereocenters. The lowest BCUT2D eigenvalue weighted by Crippen LogP contribution is -2.02. The highest BCUT2D eigenvalue weighted by Crippen LogP contribution is 2.06. The van der Waals surface area contributed by atoms with Gasteiger partial charge in [-0.05, 0) is 6.07 Å². The van der Waals surface area contributed by atoms with Crippen LogP contribution in [0.1, 0.15) is 0 Å². The number of hydrogen-bond donors (Lipinski definition) is 2. The Labute approximate surface area is 92.0 Å². The number of rotatable bonds is 0. The summed E-state index contributed by atoms with van der Waals surface area (Å²) in [6, 6.07) is 6.81. The van der Waals surface area contributed by atoms with Gasteiger partial charge in [-0.25, -0.2) is 4.79 Å². The van der Waals surface area contributed by atoms with E-state index in [-0.39, 0.29) is 0 Å². The van der Waals surface area contributed by atoms with Crippen molar-refractivity contribution in [2.24, 2.45) is 10.1 Å². The number of amides is 2. The topological polar surface area (TPSA) is 118 Å². The van der Waals surface area contributed by atoms with Crippen molar-refractivity contribution >= 4 is 27.4 Å². The van der Waals surface area contributed by atoms with Gasteiger partial charge in [-0.1, -0.05) is 22.6 Å². The minimum absolute atomic E-state index is 1.09. The SMILES string of the molecule is NC(=O)N=S(=O)=O.c1ccc2[nH]ncc2c1. The third-order valence-electron chi connectivity index (χ3n) is 1.51. The van der Waals surface area contributed by atoms with E-state index >= 15 is 0 Å². The first kappa shape index (κ1) is 11.9. The number of nitrogens with two attached hydrogens (primary N) is 1. The minimum Gasteiger partial charge on any atom is -0.349 e. The van der Waals surface area contributed by atoms with Crippen LogP contribution in [-0.2, 0) is 10.5 Å². The number of hydrogen-bond acceptors (Lipinski definition) is 4. The Bertz CT molecular complexity index is 579. The van der Waals surface area contributed by atoms with Crippen LogP contribution in [0.25, 0.3) is 10.9 Å². The van der Waals surface area contributed by atoms with Gasteiger partial charge in [0.05, 0.1) is 11.7 Å². The number of primary amides is 1. The van der Waals surface area contributed by atoms with E-state index in [1.54, 1.807) is 0 Å². The fraction of sp³-hybridized carbons (Fsp3) is 0. The minimum atomic E-state index is -2.70. The van der Waals surface area contributed by atoms with Crippen LogP contribution in [-0.4, -0.2) is 24.6 Å². The molecule has 0 aliphatic heterocycles. The van der Waals surface area contributed by atoms with Crippen LogP contribution < -0.4 is 5.73 Å². The van der Waals surface area contributed by atoms with Crippen LogP contribution >= 0.6 is 0 Å². The fourth-order valence-corrected chi connectivity index (χ4v) is 1.10. The Morgan fingerprint density at radius 2 is 2.06 bits per heavy atom. The van der Waals surface area contributed by atoms with Crippen molar-refractivity contribution in [3.63, 3.8) is 0 Å². The number of urea groups is 1. The molecule has 16 heavy (non-hydrogen) atoms. The number of H-pyrrole nitrogens is 1. The number of nitrogens with zero attached hydrogens (tertiary/aromatic N) is 2. The lowest BCUT2D eigenvalue weighted by Gasteiger charge is -1.81. The second-order valence-electron chi connectivity index (χ2n) is 2.60. The van der Waals surface area contributed by atoms with E-state index < -0.39 is 16.5 Å². The van der Waals surface area contributed by atoms with Gasteiger partial charge in [-0.3, -0.25) is 5.10 Å². The summed E-state index contributed by atoms with van der Waals surface area (Å²) in [7, 11) is -2.70. The van der Waals surface area contributed by atoms with Gasteiger partial charge in [0, 0.05) is 5.39 Å². The first-order valence-electron chi connectivity index (χ1n) is 4.08. The molecule has 3 N–H and O–H groups in total. The van der Waals surface area contributed by atoms with Gasteiger partial charge in [0.15, 0.2) is 0 Å². The second-order valence-corrected chi connectivity index (χ2v) is 3.22. The summed E-state index contributed by atoms with van der Waals surface area (Å²) < 4.78 is 21.0. The molecule has 7 nitrogen and oxygen atoms in total. The predicted molar refractivity (Wildman–Crippen MR) is 57.0 cm³/mol. The maximum Gasteiger partial charge on any atom is 0.353 e. The Hall–Kier alpha value is -2.22. The molecule has 0 unspecified atom stereocenters. The highest BCUT2D eigenvalue weighted by Gasteiger charge is 1.88. The monoisotopic (exact) mass is 240 g/mol. The van der Waals surface area contributed by atoms with Crippen LogP contribution in [0.15, 0.2) is 34.8 Å². The van der Waals surface area contributed by atoms with E-state index in [2.05, 4.69) is 20.3 Å². The fourth-order valence-electron chi connectivity index (χ4n) is 0.956. The van der Waals surface area contributed by atoms with E-state index in [0.29, 0.717) is 0 Å². The average molecular weight is 240 g/mol. The van der Waals surface area contributed by atoms with Crippen LogP contribution in [0.5, 0.6) is 0 Å². The molecule has 1 aromatic carbocycles. The molecule has 0 fully saturated rings. The third-order valence-corrected chi connectivity index (χ3v) is 1.84. The summed E-state index contributed by atoms with van der Waals surface area (Å²) in [5.74, 6) is 0. The normalized spacial score (nSPS) is 9.00. The highest BCUT2D eigenvalue weighted by molar-refractivity contribution is 7.62. The molecule has 2 rings (SSSR count). The summed E-state index contributed by atoms with van der Waals surface area (Å²) in [4.78, 5) is 9.47. The maximum atomic E-state index is 9.47. The largest absolute Gasteiger partial charge is 0.353 e. The third kappa shape index (κ3) is 3.88. The Balaban J connectivity index is 0.000000168. The molecule has 1 heterocycles. The van der Waals surface area contributed by atoms with Crippen LogP contribution in [0.4, 0.5) is 4.79 Å². The Morgan fingerprint density at radius 1 is 1.38 bits per heavy atom. The molecule has 0 aliphatic carbocycles. The molecule has 2 aromatic rings. The number of carbonyl (C=O) groups excluding carboxylic acids is 1. The van der Waals surface area contributed by atoms with E-state index in [4.69, 9.17) is 0 Å². The molecule has 0 spiro atoms. The molecule has 2 amide bonds. The zero-order valence-electron chi connectivity index (χ0n) is 7.99. The number of para-hydroxylation sites is 1. The van der Waals surface area contributed by atoms with Crippen molar-refractivity contribution in [2.45, 2.75) is 0 Å². The maximum absolute atomic E-state index is 9.47. The van der Waals surface area contributed by atoms with Gasteiger partial charge >= 0.3 is 16.5 Å². The molecule has 0 saturated carbocycles. The molecule has 0 radical (unpaired) electrons. The summed E-state index contributed by atoms with van der Waals surface area (Å²) in [6.45, 7) is 0. The Morgan fingerprint density at radius 3 is 2.56 bits per heavy atom. The molecule has 1 aromatic heterocycles. The van der Waals surface area contributed by atoms with Gasteiger partial charge in [-0.15, -0.1) is 0 Å². The first-order valence-corrected chi connectivity index (χ1v) is 5.11. The van der Waals surface area contributed by atoms with Crippen molar-refractivity contribution in [1.29, 1.82) is 0 Å². The van der Waals surface area contributed by atoms with Gasteiger partial charge in [-0.2, -0.15) is 13.5 Å². The average Bonchev–Trinajstić information content (AvgIpc) is 2.63. The van der Waals surface area contributed by atoms with Crippen LogP contribution in [0.2, 0.25) is 0 Å². The smallest absolute Gasteiger partial charge is 0.349 e. The van der Waals surface area contributed by atoms with Crippen LogP contribution in [0.3, 0.4) is 0 Å². The van der Waals surface area contributed by atoms with E-state index in [1.807, 2.05) is 30.5 Å². The number of carbonyl (C=O) groups is 1. The van der Waals surface area contributed by atoms with Crippen LogP contribution in [0, 0.1) is 0 Å². The van der Waals surface area contributed by atoms with Gasteiger partial charge in [0.25, 0.3) is 0 Å². The summed E-state index contributed by atoms with van der Waals surface area (Å²) >= 11 is 0. The Kier molecular flexibility index (Phi) is 4.16. The zero-order chi connectivity index (χ0) is 12.0. The second kappa shape index (κ2) is 5.61. The quantitative estimate of drug-likeness (QED) is 0.704. The molecular formula is C8H8N4O3S. The summed E-state index contributed by atoms with van der Waals surface area (Å²) in [5, 5.41) is 7.91. The van der Waals surface area contributed by atoms with Gasteiger partial charge in [0.2, 0.25) is 0 Å². The molecule has 0 aliphatic rings. The van der Waals surface area contributed by atoms with Crippen molar-refractivity contribution in [2.75, 3.05) is 0 Å². The lowest BCUT2D eigenvalue weighted by molar-refractivity contribution is 0.257. The zero-order valence-corrected chi connectivity index (χ0v) is 8.81. The molecular weight excluding hydrogens is 232 g/mol. The standard InChI is InChI=1S/C7H6N2.CH2N2O3S/c1-2-4-7-6(3-1)5-8-9-7;2-1(4)3-7(5)6/h1-5H,(H,8,9);(H2,2,4). The molecule has 8 heteroatoms. The molecule has 0 bridgehead atoms. The number of aromatic nitrogens is 2. The predicted octanol–water partition coefficient (Wildman–Crippen LogP) is 0.691. The van der Waals surface area contributed by atoms with E-state index in [1.165, 1.54) is 0 Å². The molecule has 0 saturated heterocycles. The first-order chi connectivity index (χ1) is 7.59. The van der Waals surface area contributed by atoms with Crippen molar-refractivity contribution in [3.8, 4) is 0 Å².